The molecule has 0 unspecified atom stereocenters. The smallest absolute Gasteiger partial charge is 0.293 e. The lowest BCUT2D eigenvalue weighted by Gasteiger charge is -2.02. The van der Waals surface area contributed by atoms with Crippen LogP contribution in [-0.4, -0.2) is 10.9 Å². The molecular formula is C21H13Cl2FN2O2S. The number of furan rings is 1. The fraction of sp³-hybridized carbons (Fsp3) is 0.0476. The molecule has 0 saturated heterocycles. The average molecular weight is 447 g/mol. The number of hydrogen-bond acceptors (Lipinski definition) is 4. The van der Waals surface area contributed by atoms with Gasteiger partial charge in [-0.1, -0.05) is 35.3 Å². The molecule has 2 heterocycles. The molecule has 146 valence electrons. The first kappa shape index (κ1) is 19.6. The van der Waals surface area contributed by atoms with Crippen LogP contribution in [0.25, 0.3) is 11.3 Å². The Hall–Kier alpha value is -2.67. The number of halogens is 3. The van der Waals surface area contributed by atoms with E-state index in [1.54, 1.807) is 48.7 Å². The fourth-order valence-electron chi connectivity index (χ4n) is 2.74. The molecule has 0 spiro atoms. The maximum atomic E-state index is 13.9. The van der Waals surface area contributed by atoms with Gasteiger partial charge in [0.2, 0.25) is 0 Å². The van der Waals surface area contributed by atoms with Crippen molar-refractivity contribution in [3.05, 3.63) is 92.9 Å². The van der Waals surface area contributed by atoms with E-state index in [0.717, 1.165) is 10.4 Å². The van der Waals surface area contributed by atoms with Crippen LogP contribution in [0.4, 0.5) is 9.52 Å². The topological polar surface area (TPSA) is 55.1 Å². The molecule has 0 aliphatic rings. The molecule has 0 atom stereocenters. The highest BCUT2D eigenvalue weighted by atomic mass is 35.5. The summed E-state index contributed by atoms with van der Waals surface area (Å²) < 4.78 is 19.4. The summed E-state index contributed by atoms with van der Waals surface area (Å²) in [6, 6.07) is 14.5. The summed E-state index contributed by atoms with van der Waals surface area (Å²) in [5.41, 5.74) is 1.17. The van der Waals surface area contributed by atoms with E-state index in [0.29, 0.717) is 27.2 Å². The first-order valence-corrected chi connectivity index (χ1v) is 10.1. The molecule has 2 aromatic carbocycles. The molecule has 1 amide bonds. The number of carbonyl (C=O) groups excluding carboxylic acids is 1. The van der Waals surface area contributed by atoms with Gasteiger partial charge in [0.1, 0.15) is 11.6 Å². The molecule has 0 aliphatic carbocycles. The van der Waals surface area contributed by atoms with E-state index in [9.17, 15) is 9.18 Å². The van der Waals surface area contributed by atoms with Crippen molar-refractivity contribution in [2.75, 3.05) is 5.32 Å². The van der Waals surface area contributed by atoms with E-state index in [2.05, 4.69) is 10.3 Å². The number of carbonyl (C=O) groups is 1. The average Bonchev–Trinajstić information content (AvgIpc) is 3.35. The summed E-state index contributed by atoms with van der Waals surface area (Å²) in [5, 5.41) is 4.33. The fourth-order valence-corrected chi connectivity index (χ4v) is 3.95. The van der Waals surface area contributed by atoms with Gasteiger partial charge in [0, 0.05) is 27.5 Å². The van der Waals surface area contributed by atoms with Gasteiger partial charge in [0.15, 0.2) is 10.9 Å². The number of anilines is 1. The van der Waals surface area contributed by atoms with Crippen molar-refractivity contribution in [3.63, 3.8) is 0 Å². The number of thiazole rings is 1. The highest BCUT2D eigenvalue weighted by Gasteiger charge is 2.16. The van der Waals surface area contributed by atoms with Gasteiger partial charge < -0.3 is 4.42 Å². The zero-order chi connectivity index (χ0) is 20.4. The van der Waals surface area contributed by atoms with Gasteiger partial charge >= 0.3 is 0 Å². The Morgan fingerprint density at radius 3 is 2.79 bits per heavy atom. The van der Waals surface area contributed by atoms with Crippen LogP contribution in [0.15, 0.2) is 65.2 Å². The highest BCUT2D eigenvalue weighted by Crippen LogP contribution is 2.28. The summed E-state index contributed by atoms with van der Waals surface area (Å²) in [4.78, 5) is 17.6. The summed E-state index contributed by atoms with van der Waals surface area (Å²) in [6.07, 6.45) is 2.22. The molecule has 0 aliphatic heterocycles. The summed E-state index contributed by atoms with van der Waals surface area (Å²) in [5.74, 6) is -0.533. The van der Waals surface area contributed by atoms with Gasteiger partial charge in [-0.05, 0) is 48.0 Å². The van der Waals surface area contributed by atoms with E-state index in [4.69, 9.17) is 27.6 Å². The van der Waals surface area contributed by atoms with Crippen LogP contribution in [0, 0.1) is 5.82 Å². The van der Waals surface area contributed by atoms with Crippen molar-refractivity contribution in [2.45, 2.75) is 6.42 Å². The van der Waals surface area contributed by atoms with Gasteiger partial charge in [-0.15, -0.1) is 11.3 Å². The van der Waals surface area contributed by atoms with Gasteiger partial charge in [0.05, 0.1) is 5.56 Å². The number of hydrogen-bond donors (Lipinski definition) is 1. The van der Waals surface area contributed by atoms with Gasteiger partial charge in [-0.25, -0.2) is 9.37 Å². The number of nitrogens with one attached hydrogen (secondary N) is 1. The Morgan fingerprint density at radius 1 is 1.14 bits per heavy atom. The maximum Gasteiger partial charge on any atom is 0.293 e. The second-order valence-electron chi connectivity index (χ2n) is 6.14. The molecule has 0 saturated carbocycles. The summed E-state index contributed by atoms with van der Waals surface area (Å²) in [6.45, 7) is 0. The van der Waals surface area contributed by atoms with E-state index in [-0.39, 0.29) is 11.5 Å². The SMILES string of the molecule is O=C(Nc1ncc(Cc2cc(Cl)ccc2Cl)s1)c1ccc(-c2ccccc2F)o1. The van der Waals surface area contributed by atoms with Crippen LogP contribution < -0.4 is 5.32 Å². The van der Waals surface area contributed by atoms with Crippen LogP contribution in [-0.2, 0) is 6.42 Å². The van der Waals surface area contributed by atoms with E-state index in [1.807, 2.05) is 0 Å². The van der Waals surface area contributed by atoms with Crippen LogP contribution in [0.2, 0.25) is 10.0 Å². The van der Waals surface area contributed by atoms with Gasteiger partial charge in [0.25, 0.3) is 5.91 Å². The lowest BCUT2D eigenvalue weighted by Crippen LogP contribution is -2.10. The molecule has 4 rings (SSSR count). The van der Waals surface area contributed by atoms with Crippen LogP contribution in [0.1, 0.15) is 21.0 Å². The zero-order valence-corrected chi connectivity index (χ0v) is 17.1. The minimum absolute atomic E-state index is 0.0675. The molecule has 0 radical (unpaired) electrons. The predicted molar refractivity (Wildman–Crippen MR) is 113 cm³/mol. The van der Waals surface area contributed by atoms with Crippen molar-refractivity contribution < 1.29 is 13.6 Å². The maximum absolute atomic E-state index is 13.9. The van der Waals surface area contributed by atoms with Crippen molar-refractivity contribution >= 4 is 45.6 Å². The Kier molecular flexibility index (Phi) is 5.67. The van der Waals surface area contributed by atoms with Gasteiger partial charge in [-0.3, -0.25) is 10.1 Å². The number of nitrogens with zero attached hydrogens (tertiary/aromatic N) is 1. The molecule has 8 heteroatoms. The minimum Gasteiger partial charge on any atom is -0.451 e. The molecule has 1 N–H and O–H groups in total. The van der Waals surface area contributed by atoms with Crippen molar-refractivity contribution in [2.24, 2.45) is 0 Å². The molecular weight excluding hydrogens is 434 g/mol. The Labute approximate surface area is 179 Å². The number of amides is 1. The largest absolute Gasteiger partial charge is 0.451 e. The normalized spacial score (nSPS) is 10.9. The van der Waals surface area contributed by atoms with Crippen LogP contribution >= 0.6 is 34.5 Å². The predicted octanol–water partition coefficient (Wildman–Crippen LogP) is 6.69. The lowest BCUT2D eigenvalue weighted by molar-refractivity contribution is 0.0997. The molecule has 2 aromatic heterocycles. The monoisotopic (exact) mass is 446 g/mol. The van der Waals surface area contributed by atoms with Crippen LogP contribution in [0.3, 0.4) is 0 Å². The van der Waals surface area contributed by atoms with E-state index in [1.165, 1.54) is 23.5 Å². The van der Waals surface area contributed by atoms with Crippen LogP contribution in [0.5, 0.6) is 0 Å². The second-order valence-corrected chi connectivity index (χ2v) is 8.10. The summed E-state index contributed by atoms with van der Waals surface area (Å²) in [7, 11) is 0. The van der Waals surface area contributed by atoms with Crippen molar-refractivity contribution in [1.29, 1.82) is 0 Å². The third-order valence-corrected chi connectivity index (χ3v) is 5.63. The highest BCUT2D eigenvalue weighted by molar-refractivity contribution is 7.15. The standard InChI is InChI=1S/C21H13Cl2FN2O2S/c22-13-5-6-16(23)12(9-13)10-14-11-25-21(29-14)26-20(27)19-8-7-18(28-19)15-3-1-2-4-17(15)24/h1-9,11H,10H2,(H,25,26,27). The molecule has 0 fully saturated rings. The minimum atomic E-state index is -0.464. The zero-order valence-electron chi connectivity index (χ0n) is 14.8. The Morgan fingerprint density at radius 2 is 1.97 bits per heavy atom. The Balaban J connectivity index is 1.46. The third kappa shape index (κ3) is 4.50. The second kappa shape index (κ2) is 8.37. The number of rotatable bonds is 5. The van der Waals surface area contributed by atoms with E-state index >= 15 is 0 Å². The summed E-state index contributed by atoms with van der Waals surface area (Å²) >= 11 is 13.5. The molecule has 0 bridgehead atoms. The quantitative estimate of drug-likeness (QED) is 0.371. The third-order valence-electron chi connectivity index (χ3n) is 4.12. The molecule has 4 nitrogen and oxygen atoms in total. The van der Waals surface area contributed by atoms with Gasteiger partial charge in [-0.2, -0.15) is 0 Å². The lowest BCUT2D eigenvalue weighted by atomic mass is 10.1. The number of benzene rings is 2. The Bertz CT molecular complexity index is 1190. The first-order valence-electron chi connectivity index (χ1n) is 8.54. The number of aromatic nitrogens is 1. The van der Waals surface area contributed by atoms with Crippen molar-refractivity contribution in [3.8, 4) is 11.3 Å². The molecule has 4 aromatic rings. The first-order chi connectivity index (χ1) is 14.0. The van der Waals surface area contributed by atoms with Crippen molar-refractivity contribution in [1.82, 2.24) is 4.98 Å². The molecule has 29 heavy (non-hydrogen) atoms. The van der Waals surface area contributed by atoms with E-state index < -0.39 is 11.7 Å².